The van der Waals surface area contributed by atoms with E-state index < -0.39 is 23.0 Å². The van der Waals surface area contributed by atoms with Crippen LogP contribution < -0.4 is 10.1 Å². The van der Waals surface area contributed by atoms with Gasteiger partial charge in [-0.1, -0.05) is 50.6 Å². The normalized spacial score (nSPS) is 12.5. The van der Waals surface area contributed by atoms with Crippen LogP contribution in [0.3, 0.4) is 0 Å². The van der Waals surface area contributed by atoms with Crippen molar-refractivity contribution in [3.8, 4) is 5.75 Å². The first-order valence-electron chi connectivity index (χ1n) is 8.84. The quantitative estimate of drug-likeness (QED) is 0.320. The first kappa shape index (κ1) is 20.9. The van der Waals surface area contributed by atoms with Crippen LogP contribution in [-0.2, 0) is 16.1 Å². The van der Waals surface area contributed by atoms with Crippen molar-refractivity contribution in [2.24, 2.45) is 5.92 Å². The fourth-order valence-electron chi connectivity index (χ4n) is 2.38. The number of alkyl carbamates (subject to hydrolysis) is 1. The van der Waals surface area contributed by atoms with E-state index in [1.807, 2.05) is 37.3 Å². The van der Waals surface area contributed by atoms with Gasteiger partial charge in [0.05, 0.1) is 4.92 Å². The number of ether oxygens (including phenoxy) is 2. The summed E-state index contributed by atoms with van der Waals surface area (Å²) in [5.74, 6) is -0.710. The van der Waals surface area contributed by atoms with Crippen LogP contribution in [0.1, 0.15) is 25.8 Å². The molecule has 1 N–H and O–H groups in total. The van der Waals surface area contributed by atoms with Crippen LogP contribution >= 0.6 is 0 Å². The number of nitrogens with one attached hydrogen (secondary N) is 1. The summed E-state index contributed by atoms with van der Waals surface area (Å²) in [6.45, 7) is 3.77. The maximum absolute atomic E-state index is 12.5. The molecular formula is C20H22N2O6. The molecule has 2 rings (SSSR count). The molecule has 2 aromatic rings. The van der Waals surface area contributed by atoms with Crippen molar-refractivity contribution < 1.29 is 24.0 Å². The molecule has 0 saturated carbocycles. The first-order chi connectivity index (χ1) is 13.4. The maximum Gasteiger partial charge on any atom is 0.408 e. The Bertz CT molecular complexity index is 807. The molecule has 28 heavy (non-hydrogen) atoms. The summed E-state index contributed by atoms with van der Waals surface area (Å²) in [5.41, 5.74) is 0.715. The van der Waals surface area contributed by atoms with Crippen LogP contribution in [0.4, 0.5) is 10.5 Å². The molecule has 0 saturated heterocycles. The Morgan fingerprint density at radius 1 is 1.11 bits per heavy atom. The van der Waals surface area contributed by atoms with Crippen LogP contribution in [0, 0.1) is 16.0 Å². The predicted molar refractivity (Wildman–Crippen MR) is 102 cm³/mol. The molecule has 0 spiro atoms. The van der Waals surface area contributed by atoms with Gasteiger partial charge in [0, 0.05) is 12.1 Å². The average Bonchev–Trinajstić information content (AvgIpc) is 2.71. The van der Waals surface area contributed by atoms with Crippen molar-refractivity contribution in [2.45, 2.75) is 32.9 Å². The van der Waals surface area contributed by atoms with E-state index in [0.717, 1.165) is 5.56 Å². The smallest absolute Gasteiger partial charge is 0.408 e. The van der Waals surface area contributed by atoms with Crippen LogP contribution in [0.2, 0.25) is 0 Å². The Hall–Kier alpha value is -3.42. The summed E-state index contributed by atoms with van der Waals surface area (Å²) < 4.78 is 10.4. The molecule has 2 aromatic carbocycles. The third-order valence-electron chi connectivity index (χ3n) is 4.22. The van der Waals surface area contributed by atoms with Gasteiger partial charge in [0.25, 0.3) is 5.69 Å². The van der Waals surface area contributed by atoms with Crippen molar-refractivity contribution in [2.75, 3.05) is 0 Å². The lowest BCUT2D eigenvalue weighted by molar-refractivity contribution is -0.384. The third-order valence-corrected chi connectivity index (χ3v) is 4.22. The number of benzene rings is 2. The van der Waals surface area contributed by atoms with Crippen molar-refractivity contribution >= 4 is 17.7 Å². The SMILES string of the molecule is CC[C@@H](C)[C@@H](NC(=O)OCc1ccccc1)C(=O)Oc1ccc([N+](=O)[O-])cc1. The molecule has 0 unspecified atom stereocenters. The highest BCUT2D eigenvalue weighted by Gasteiger charge is 2.28. The second kappa shape index (κ2) is 10.1. The Labute approximate surface area is 162 Å². The van der Waals surface area contributed by atoms with Gasteiger partial charge in [-0.3, -0.25) is 10.1 Å². The number of hydrogen-bond donors (Lipinski definition) is 1. The van der Waals surface area contributed by atoms with Crippen LogP contribution in [0.25, 0.3) is 0 Å². The standard InChI is InChI=1S/C20H22N2O6/c1-3-14(2)18(21-20(24)27-13-15-7-5-4-6-8-15)19(23)28-17-11-9-16(10-12-17)22(25)26/h4-12,14,18H,3,13H2,1-2H3,(H,21,24)/t14-,18-/m1/s1. The van der Waals surface area contributed by atoms with E-state index in [1.54, 1.807) is 6.92 Å². The summed E-state index contributed by atoms with van der Waals surface area (Å²) in [6.07, 6.45) is -0.103. The zero-order chi connectivity index (χ0) is 20.5. The second-order valence-corrected chi connectivity index (χ2v) is 6.24. The number of nitrogens with zero attached hydrogens (tertiary/aromatic N) is 1. The van der Waals surface area contributed by atoms with Crippen molar-refractivity contribution in [3.63, 3.8) is 0 Å². The van der Waals surface area contributed by atoms with Crippen molar-refractivity contribution in [1.29, 1.82) is 0 Å². The van der Waals surface area contributed by atoms with Gasteiger partial charge in [-0.05, 0) is 23.6 Å². The van der Waals surface area contributed by atoms with Crippen LogP contribution in [0.15, 0.2) is 54.6 Å². The van der Waals surface area contributed by atoms with Gasteiger partial charge >= 0.3 is 12.1 Å². The number of non-ortho nitro benzene ring substituents is 1. The molecule has 0 radical (unpaired) electrons. The maximum atomic E-state index is 12.5. The van der Waals surface area contributed by atoms with E-state index in [1.165, 1.54) is 24.3 Å². The molecule has 0 aromatic heterocycles. The van der Waals surface area contributed by atoms with E-state index in [0.29, 0.717) is 6.42 Å². The molecule has 8 heteroatoms. The summed E-state index contributed by atoms with van der Waals surface area (Å²) in [7, 11) is 0. The highest BCUT2D eigenvalue weighted by atomic mass is 16.6. The van der Waals surface area contributed by atoms with Gasteiger partial charge in [0.15, 0.2) is 0 Å². The number of carbonyl (C=O) groups excluding carboxylic acids is 2. The van der Waals surface area contributed by atoms with E-state index in [2.05, 4.69) is 5.32 Å². The minimum Gasteiger partial charge on any atom is -0.445 e. The molecule has 0 aliphatic carbocycles. The summed E-state index contributed by atoms with van der Waals surface area (Å²) >= 11 is 0. The number of esters is 1. The largest absolute Gasteiger partial charge is 0.445 e. The number of hydrogen-bond acceptors (Lipinski definition) is 6. The minimum absolute atomic E-state index is 0.0807. The van der Waals surface area contributed by atoms with E-state index in [4.69, 9.17) is 9.47 Å². The van der Waals surface area contributed by atoms with Gasteiger partial charge in [-0.25, -0.2) is 9.59 Å². The number of carbonyl (C=O) groups is 2. The fraction of sp³-hybridized carbons (Fsp3) is 0.300. The second-order valence-electron chi connectivity index (χ2n) is 6.24. The van der Waals surface area contributed by atoms with Crippen molar-refractivity contribution in [3.05, 3.63) is 70.3 Å². The molecule has 0 aliphatic rings. The van der Waals surface area contributed by atoms with E-state index >= 15 is 0 Å². The highest BCUT2D eigenvalue weighted by molar-refractivity contribution is 5.83. The lowest BCUT2D eigenvalue weighted by Crippen LogP contribution is -2.47. The lowest BCUT2D eigenvalue weighted by Gasteiger charge is -2.22. The molecule has 0 aliphatic heterocycles. The Kier molecular flexibility index (Phi) is 7.50. The monoisotopic (exact) mass is 386 g/mol. The fourth-order valence-corrected chi connectivity index (χ4v) is 2.38. The molecule has 0 bridgehead atoms. The molecule has 0 fully saturated rings. The predicted octanol–water partition coefficient (Wildman–Crippen LogP) is 3.84. The Morgan fingerprint density at radius 2 is 1.75 bits per heavy atom. The number of amides is 1. The van der Waals surface area contributed by atoms with Crippen molar-refractivity contribution in [1.82, 2.24) is 5.32 Å². The number of nitro benzene ring substituents is 1. The highest BCUT2D eigenvalue weighted by Crippen LogP contribution is 2.19. The number of nitro groups is 1. The molecule has 148 valence electrons. The van der Waals surface area contributed by atoms with Gasteiger partial charge in [0.2, 0.25) is 0 Å². The van der Waals surface area contributed by atoms with Gasteiger partial charge in [-0.2, -0.15) is 0 Å². The molecule has 2 atom stereocenters. The molecule has 0 heterocycles. The van der Waals surface area contributed by atoms with Gasteiger partial charge < -0.3 is 14.8 Å². The topological polar surface area (TPSA) is 108 Å². The van der Waals surface area contributed by atoms with E-state index in [-0.39, 0.29) is 24.0 Å². The van der Waals surface area contributed by atoms with Gasteiger partial charge in [0.1, 0.15) is 18.4 Å². The molecule has 1 amide bonds. The summed E-state index contributed by atoms with van der Waals surface area (Å²) in [4.78, 5) is 34.8. The number of rotatable bonds is 8. The lowest BCUT2D eigenvalue weighted by atomic mass is 9.99. The molecular weight excluding hydrogens is 364 g/mol. The average molecular weight is 386 g/mol. The zero-order valence-electron chi connectivity index (χ0n) is 15.7. The molecule has 8 nitrogen and oxygen atoms in total. The summed E-state index contributed by atoms with van der Waals surface area (Å²) in [5, 5.41) is 13.2. The summed E-state index contributed by atoms with van der Waals surface area (Å²) in [6, 6.07) is 13.4. The Balaban J connectivity index is 1.98. The van der Waals surface area contributed by atoms with Crippen LogP contribution in [0.5, 0.6) is 5.75 Å². The van der Waals surface area contributed by atoms with Gasteiger partial charge in [-0.15, -0.1) is 0 Å². The zero-order valence-corrected chi connectivity index (χ0v) is 15.7. The Morgan fingerprint density at radius 3 is 2.32 bits per heavy atom. The first-order valence-corrected chi connectivity index (χ1v) is 8.84. The third kappa shape index (κ3) is 6.08. The minimum atomic E-state index is -0.913. The van der Waals surface area contributed by atoms with Crippen LogP contribution in [-0.4, -0.2) is 23.0 Å². The van der Waals surface area contributed by atoms with E-state index in [9.17, 15) is 19.7 Å².